The van der Waals surface area contributed by atoms with Crippen LogP contribution >= 0.6 is 23.2 Å². The molecule has 5 nitrogen and oxygen atoms in total. The van der Waals surface area contributed by atoms with Gasteiger partial charge in [0.2, 0.25) is 0 Å². The average Bonchev–Trinajstić information content (AvgIpc) is 2.35. The summed E-state index contributed by atoms with van der Waals surface area (Å²) in [6.45, 7) is 4.52. The minimum atomic E-state index is -0.713. The lowest BCUT2D eigenvalue weighted by atomic mass is 10.2. The fourth-order valence-corrected chi connectivity index (χ4v) is 2.82. The monoisotopic (exact) mass is 330 g/mol. The number of morpholine rings is 1. The molecule has 0 aliphatic carbocycles. The quantitative estimate of drug-likeness (QED) is 0.805. The minimum absolute atomic E-state index is 0.0916. The average molecular weight is 331 g/mol. The van der Waals surface area contributed by atoms with Crippen LogP contribution in [0, 0.1) is 0 Å². The molecule has 1 N–H and O–H groups in total. The van der Waals surface area contributed by atoms with E-state index in [2.05, 4.69) is 5.32 Å². The normalized spacial score (nSPS) is 22.0. The van der Waals surface area contributed by atoms with Crippen molar-refractivity contribution < 1.29 is 14.3 Å². The Morgan fingerprint density at radius 3 is 2.19 bits per heavy atom. The Kier molecular flexibility index (Phi) is 5.08. The van der Waals surface area contributed by atoms with E-state index in [1.165, 1.54) is 17.0 Å². The van der Waals surface area contributed by atoms with Crippen molar-refractivity contribution in [1.82, 2.24) is 4.90 Å². The van der Waals surface area contributed by atoms with Gasteiger partial charge in [0.1, 0.15) is 0 Å². The second kappa shape index (κ2) is 6.64. The van der Waals surface area contributed by atoms with Crippen molar-refractivity contribution in [2.24, 2.45) is 0 Å². The second-order valence-electron chi connectivity index (χ2n) is 5.08. The van der Waals surface area contributed by atoms with E-state index in [1.54, 1.807) is 6.07 Å². The molecule has 114 valence electrons. The van der Waals surface area contributed by atoms with Crippen molar-refractivity contribution in [1.29, 1.82) is 0 Å². The first kappa shape index (κ1) is 16.1. The molecule has 1 aromatic carbocycles. The number of nitrogens with zero attached hydrogens (tertiary/aromatic N) is 1. The molecular weight excluding hydrogens is 315 g/mol. The van der Waals surface area contributed by atoms with Crippen LogP contribution in [0.4, 0.5) is 5.69 Å². The van der Waals surface area contributed by atoms with Crippen molar-refractivity contribution in [3.63, 3.8) is 0 Å². The number of anilines is 1. The number of nitrogens with one attached hydrogen (secondary N) is 1. The molecule has 1 aromatic rings. The van der Waals surface area contributed by atoms with Gasteiger partial charge in [-0.25, -0.2) is 0 Å². The zero-order valence-electron chi connectivity index (χ0n) is 11.7. The molecule has 1 heterocycles. The maximum atomic E-state index is 12.2. The van der Waals surface area contributed by atoms with Gasteiger partial charge in [-0.05, 0) is 32.0 Å². The third-order valence-corrected chi connectivity index (χ3v) is 3.46. The van der Waals surface area contributed by atoms with E-state index in [0.29, 0.717) is 28.8 Å². The van der Waals surface area contributed by atoms with Crippen molar-refractivity contribution >= 4 is 40.7 Å². The summed E-state index contributed by atoms with van der Waals surface area (Å²) >= 11 is 11.7. The number of carbonyl (C=O) groups is 2. The Balaban J connectivity index is 2.04. The van der Waals surface area contributed by atoms with Crippen molar-refractivity contribution in [2.75, 3.05) is 18.4 Å². The number of ether oxygens (including phenoxy) is 1. The SMILES string of the molecule is CC1CN(C(=O)C(=O)Nc2cc(Cl)cc(Cl)c2)CC(C)O1. The molecule has 1 aliphatic rings. The predicted molar refractivity (Wildman–Crippen MR) is 81.7 cm³/mol. The van der Waals surface area contributed by atoms with Crippen LogP contribution in [0.2, 0.25) is 10.0 Å². The largest absolute Gasteiger partial charge is 0.372 e. The van der Waals surface area contributed by atoms with Gasteiger partial charge in [0.15, 0.2) is 0 Å². The van der Waals surface area contributed by atoms with Crippen LogP contribution in [0.5, 0.6) is 0 Å². The smallest absolute Gasteiger partial charge is 0.313 e. The van der Waals surface area contributed by atoms with Gasteiger partial charge in [-0.1, -0.05) is 23.2 Å². The zero-order chi connectivity index (χ0) is 15.6. The molecule has 0 saturated carbocycles. The summed E-state index contributed by atoms with van der Waals surface area (Å²) in [5.74, 6) is -1.30. The molecule has 2 atom stereocenters. The van der Waals surface area contributed by atoms with Gasteiger partial charge in [0, 0.05) is 28.8 Å². The molecule has 1 aliphatic heterocycles. The maximum absolute atomic E-state index is 12.2. The maximum Gasteiger partial charge on any atom is 0.313 e. The van der Waals surface area contributed by atoms with Crippen LogP contribution in [0.25, 0.3) is 0 Å². The number of amides is 2. The fourth-order valence-electron chi connectivity index (χ4n) is 2.30. The Morgan fingerprint density at radius 1 is 1.14 bits per heavy atom. The number of benzene rings is 1. The molecule has 7 heteroatoms. The predicted octanol–water partition coefficient (Wildman–Crippen LogP) is 2.57. The van der Waals surface area contributed by atoms with Gasteiger partial charge in [0.25, 0.3) is 0 Å². The summed E-state index contributed by atoms with van der Waals surface area (Å²) < 4.78 is 5.54. The molecule has 1 fully saturated rings. The van der Waals surface area contributed by atoms with Gasteiger partial charge in [-0.3, -0.25) is 9.59 Å². The Morgan fingerprint density at radius 2 is 1.67 bits per heavy atom. The first-order chi connectivity index (χ1) is 9.85. The molecule has 0 radical (unpaired) electrons. The van der Waals surface area contributed by atoms with E-state index < -0.39 is 11.8 Å². The first-order valence-electron chi connectivity index (χ1n) is 6.57. The molecule has 2 unspecified atom stereocenters. The van der Waals surface area contributed by atoms with E-state index in [9.17, 15) is 9.59 Å². The van der Waals surface area contributed by atoms with Crippen LogP contribution in [0.1, 0.15) is 13.8 Å². The highest BCUT2D eigenvalue weighted by Crippen LogP contribution is 2.22. The third kappa shape index (κ3) is 4.33. The van der Waals surface area contributed by atoms with E-state index in [0.717, 1.165) is 0 Å². The van der Waals surface area contributed by atoms with Gasteiger partial charge < -0.3 is 15.0 Å². The Bertz CT molecular complexity index is 535. The lowest BCUT2D eigenvalue weighted by Gasteiger charge is -2.34. The standard InChI is InChI=1S/C14H16Cl2N2O3/c1-8-6-18(7-9(2)21-8)14(20)13(19)17-12-4-10(15)3-11(16)5-12/h3-5,8-9H,6-7H2,1-2H3,(H,17,19). The lowest BCUT2D eigenvalue weighted by Crippen LogP contribution is -2.51. The molecule has 2 amide bonds. The first-order valence-corrected chi connectivity index (χ1v) is 7.32. The highest BCUT2D eigenvalue weighted by molar-refractivity contribution is 6.40. The summed E-state index contributed by atoms with van der Waals surface area (Å²) in [5, 5.41) is 3.29. The number of carbonyl (C=O) groups excluding carboxylic acids is 2. The minimum Gasteiger partial charge on any atom is -0.372 e. The summed E-state index contributed by atoms with van der Waals surface area (Å²) in [4.78, 5) is 25.7. The molecule has 0 spiro atoms. The Hall–Kier alpha value is -1.30. The number of rotatable bonds is 1. The Labute approximate surface area is 133 Å². The second-order valence-corrected chi connectivity index (χ2v) is 5.95. The summed E-state index contributed by atoms with van der Waals surface area (Å²) in [5.41, 5.74) is 0.389. The van der Waals surface area contributed by atoms with E-state index >= 15 is 0 Å². The lowest BCUT2D eigenvalue weighted by molar-refractivity contribution is -0.151. The fraction of sp³-hybridized carbons (Fsp3) is 0.429. The molecule has 2 rings (SSSR count). The third-order valence-electron chi connectivity index (χ3n) is 3.02. The van der Waals surface area contributed by atoms with Gasteiger partial charge in [0.05, 0.1) is 12.2 Å². The van der Waals surface area contributed by atoms with Gasteiger partial charge in [-0.15, -0.1) is 0 Å². The summed E-state index contributed by atoms with van der Waals surface area (Å²) in [6, 6.07) is 4.61. The number of hydrogen-bond donors (Lipinski definition) is 1. The molecule has 0 bridgehead atoms. The van der Waals surface area contributed by atoms with E-state index in [1.807, 2.05) is 13.8 Å². The molecule has 0 aromatic heterocycles. The van der Waals surface area contributed by atoms with Crippen LogP contribution in [0.3, 0.4) is 0 Å². The van der Waals surface area contributed by atoms with E-state index in [4.69, 9.17) is 27.9 Å². The van der Waals surface area contributed by atoms with Crippen molar-refractivity contribution in [2.45, 2.75) is 26.1 Å². The van der Waals surface area contributed by atoms with E-state index in [-0.39, 0.29) is 12.2 Å². The van der Waals surface area contributed by atoms with Crippen LogP contribution in [-0.4, -0.2) is 42.0 Å². The highest BCUT2D eigenvalue weighted by atomic mass is 35.5. The van der Waals surface area contributed by atoms with Crippen LogP contribution in [-0.2, 0) is 14.3 Å². The van der Waals surface area contributed by atoms with Crippen LogP contribution in [0.15, 0.2) is 18.2 Å². The molecule has 1 saturated heterocycles. The van der Waals surface area contributed by atoms with Crippen LogP contribution < -0.4 is 5.32 Å². The van der Waals surface area contributed by atoms with Crippen molar-refractivity contribution in [3.05, 3.63) is 28.2 Å². The number of hydrogen-bond acceptors (Lipinski definition) is 3. The van der Waals surface area contributed by atoms with Gasteiger partial charge >= 0.3 is 11.8 Å². The number of halogens is 2. The van der Waals surface area contributed by atoms with Crippen molar-refractivity contribution in [3.8, 4) is 0 Å². The molecule has 21 heavy (non-hydrogen) atoms. The zero-order valence-corrected chi connectivity index (χ0v) is 13.2. The van der Waals surface area contributed by atoms with Gasteiger partial charge in [-0.2, -0.15) is 0 Å². The highest BCUT2D eigenvalue weighted by Gasteiger charge is 2.29. The topological polar surface area (TPSA) is 58.6 Å². The summed E-state index contributed by atoms with van der Waals surface area (Å²) in [6.07, 6.45) is -0.183. The summed E-state index contributed by atoms with van der Waals surface area (Å²) in [7, 11) is 0. The molecular formula is C14H16Cl2N2O3.